The standard InChI is InChI=1S/C24H27NO5/c1-16-9-11-18(12-10-16)22-25-24(15-27-22)21-20(29-23(2,3)30-21)19(28-24)14-26-13-17-7-5-4-6-8-17/h4-12,19-21H,13-15H2,1-3H3. The maximum absolute atomic E-state index is 6.40. The minimum Gasteiger partial charge on any atom is -0.472 e. The molecule has 0 bridgehead atoms. The molecule has 2 aromatic rings. The second-order valence-electron chi connectivity index (χ2n) is 8.59. The summed E-state index contributed by atoms with van der Waals surface area (Å²) in [5, 5.41) is 0. The SMILES string of the molecule is Cc1ccc(C2=NC3(CO2)OC(COCc2ccccc2)C2OC(C)(C)OC23)cc1. The molecular formula is C24H27NO5. The average molecular weight is 409 g/mol. The number of ether oxygens (including phenoxy) is 5. The summed E-state index contributed by atoms with van der Waals surface area (Å²) >= 11 is 0. The van der Waals surface area contributed by atoms with Crippen molar-refractivity contribution in [2.75, 3.05) is 13.2 Å². The van der Waals surface area contributed by atoms with Crippen molar-refractivity contribution in [3.05, 3.63) is 71.3 Å². The van der Waals surface area contributed by atoms with Gasteiger partial charge in [-0.25, -0.2) is 4.99 Å². The van der Waals surface area contributed by atoms with Crippen molar-refractivity contribution in [2.45, 2.75) is 57.2 Å². The van der Waals surface area contributed by atoms with Crippen LogP contribution in [0.5, 0.6) is 0 Å². The molecule has 3 heterocycles. The molecule has 0 aliphatic carbocycles. The fourth-order valence-corrected chi connectivity index (χ4v) is 4.26. The summed E-state index contributed by atoms with van der Waals surface area (Å²) in [5.74, 6) is -0.126. The van der Waals surface area contributed by atoms with Crippen molar-refractivity contribution >= 4 is 5.90 Å². The summed E-state index contributed by atoms with van der Waals surface area (Å²) in [4.78, 5) is 4.86. The van der Waals surface area contributed by atoms with Gasteiger partial charge in [0.05, 0.1) is 13.2 Å². The predicted molar refractivity (Wildman–Crippen MR) is 111 cm³/mol. The van der Waals surface area contributed by atoms with Crippen molar-refractivity contribution in [3.63, 3.8) is 0 Å². The van der Waals surface area contributed by atoms with Crippen molar-refractivity contribution in [3.8, 4) is 0 Å². The van der Waals surface area contributed by atoms with Crippen molar-refractivity contribution < 1.29 is 23.7 Å². The van der Waals surface area contributed by atoms with E-state index in [1.165, 1.54) is 5.56 Å². The summed E-state index contributed by atoms with van der Waals surface area (Å²) in [5.41, 5.74) is 2.32. The lowest BCUT2D eigenvalue weighted by atomic mass is 10.0. The molecule has 30 heavy (non-hydrogen) atoms. The fourth-order valence-electron chi connectivity index (χ4n) is 4.26. The smallest absolute Gasteiger partial charge is 0.226 e. The van der Waals surface area contributed by atoms with Crippen LogP contribution in [0.3, 0.4) is 0 Å². The Labute approximate surface area is 176 Å². The van der Waals surface area contributed by atoms with E-state index in [0.29, 0.717) is 25.7 Å². The third-order valence-electron chi connectivity index (χ3n) is 5.69. The normalized spacial score (nSPS) is 31.6. The Morgan fingerprint density at radius 1 is 1.00 bits per heavy atom. The zero-order chi connectivity index (χ0) is 20.8. The molecule has 0 radical (unpaired) electrons. The molecule has 6 heteroatoms. The molecule has 158 valence electrons. The monoisotopic (exact) mass is 409 g/mol. The summed E-state index contributed by atoms with van der Waals surface area (Å²) in [7, 11) is 0. The number of hydrogen-bond donors (Lipinski definition) is 0. The van der Waals surface area contributed by atoms with E-state index >= 15 is 0 Å². The predicted octanol–water partition coefficient (Wildman–Crippen LogP) is 3.60. The lowest BCUT2D eigenvalue weighted by molar-refractivity contribution is -0.214. The van der Waals surface area contributed by atoms with Gasteiger partial charge in [0, 0.05) is 5.56 Å². The number of fused-ring (bicyclic) bond motifs is 2. The highest BCUT2D eigenvalue weighted by atomic mass is 16.8. The molecule has 2 saturated heterocycles. The van der Waals surface area contributed by atoms with Gasteiger partial charge in [-0.05, 0) is 38.5 Å². The van der Waals surface area contributed by atoms with Gasteiger partial charge >= 0.3 is 0 Å². The van der Waals surface area contributed by atoms with Gasteiger partial charge in [-0.2, -0.15) is 0 Å². The van der Waals surface area contributed by atoms with Crippen molar-refractivity contribution in [1.29, 1.82) is 0 Å². The highest BCUT2D eigenvalue weighted by Crippen LogP contribution is 2.47. The molecule has 0 aromatic heterocycles. The number of rotatable bonds is 5. The molecule has 3 aliphatic heterocycles. The first-order valence-corrected chi connectivity index (χ1v) is 10.4. The van der Waals surface area contributed by atoms with Crippen LogP contribution in [0.2, 0.25) is 0 Å². The van der Waals surface area contributed by atoms with E-state index in [-0.39, 0.29) is 18.3 Å². The lowest BCUT2D eigenvalue weighted by Crippen LogP contribution is -2.43. The Morgan fingerprint density at radius 3 is 2.53 bits per heavy atom. The van der Waals surface area contributed by atoms with E-state index in [2.05, 4.69) is 6.92 Å². The number of hydrogen-bond acceptors (Lipinski definition) is 6. The molecule has 5 rings (SSSR count). The van der Waals surface area contributed by atoms with Gasteiger partial charge < -0.3 is 23.7 Å². The second-order valence-corrected chi connectivity index (χ2v) is 8.59. The molecule has 4 unspecified atom stereocenters. The Bertz CT molecular complexity index is 926. The maximum atomic E-state index is 6.40. The van der Waals surface area contributed by atoms with Crippen LogP contribution in [0.4, 0.5) is 0 Å². The van der Waals surface area contributed by atoms with Crippen LogP contribution in [0, 0.1) is 6.92 Å². The van der Waals surface area contributed by atoms with E-state index in [1.54, 1.807) is 0 Å². The van der Waals surface area contributed by atoms with Gasteiger partial charge in [0.15, 0.2) is 5.79 Å². The Kier molecular flexibility index (Phi) is 4.90. The second kappa shape index (κ2) is 7.46. The Balaban J connectivity index is 1.35. The van der Waals surface area contributed by atoms with E-state index in [0.717, 1.165) is 11.1 Å². The van der Waals surface area contributed by atoms with Gasteiger partial charge in [0.2, 0.25) is 11.6 Å². The molecule has 1 spiro atoms. The quantitative estimate of drug-likeness (QED) is 0.755. The first-order chi connectivity index (χ1) is 14.4. The van der Waals surface area contributed by atoms with Crippen molar-refractivity contribution in [2.24, 2.45) is 4.99 Å². The molecule has 2 fully saturated rings. The molecule has 3 aliphatic rings. The van der Waals surface area contributed by atoms with Crippen LogP contribution in [-0.2, 0) is 30.3 Å². The highest BCUT2D eigenvalue weighted by Gasteiger charge is 2.65. The Morgan fingerprint density at radius 2 is 1.77 bits per heavy atom. The van der Waals surface area contributed by atoms with Gasteiger partial charge in [0.25, 0.3) is 0 Å². The third kappa shape index (κ3) is 3.65. The molecule has 4 atom stereocenters. The zero-order valence-electron chi connectivity index (χ0n) is 17.5. The minimum absolute atomic E-state index is 0.263. The number of nitrogens with zero attached hydrogens (tertiary/aromatic N) is 1. The summed E-state index contributed by atoms with van der Waals surface area (Å²) in [6.07, 6.45) is -0.897. The first kappa shape index (κ1) is 19.7. The van der Waals surface area contributed by atoms with Gasteiger partial charge in [-0.1, -0.05) is 48.0 Å². The van der Waals surface area contributed by atoms with E-state index in [1.807, 2.05) is 68.4 Å². The van der Waals surface area contributed by atoms with Gasteiger partial charge in [-0.15, -0.1) is 0 Å². The van der Waals surface area contributed by atoms with Crippen molar-refractivity contribution in [1.82, 2.24) is 0 Å². The maximum Gasteiger partial charge on any atom is 0.226 e. The summed E-state index contributed by atoms with van der Waals surface area (Å²) in [6.45, 7) is 7.10. The third-order valence-corrected chi connectivity index (χ3v) is 5.69. The molecule has 6 nitrogen and oxygen atoms in total. The average Bonchev–Trinajstić information content (AvgIpc) is 3.37. The number of benzene rings is 2. The number of aryl methyl sites for hydroxylation is 1. The van der Waals surface area contributed by atoms with Gasteiger partial charge in [0.1, 0.15) is 24.9 Å². The van der Waals surface area contributed by atoms with E-state index in [9.17, 15) is 0 Å². The largest absolute Gasteiger partial charge is 0.472 e. The molecular weight excluding hydrogens is 382 g/mol. The fraction of sp³-hybridized carbons (Fsp3) is 0.458. The van der Waals surface area contributed by atoms with Crippen LogP contribution in [0.15, 0.2) is 59.6 Å². The van der Waals surface area contributed by atoms with Crippen LogP contribution in [0.1, 0.15) is 30.5 Å². The number of aliphatic imine (C=N–C) groups is 1. The summed E-state index contributed by atoms with van der Waals surface area (Å²) < 4.78 is 30.7. The molecule has 0 N–H and O–H groups in total. The van der Waals surface area contributed by atoms with Crippen LogP contribution in [-0.4, -0.2) is 48.9 Å². The van der Waals surface area contributed by atoms with Crippen LogP contribution < -0.4 is 0 Å². The highest BCUT2D eigenvalue weighted by molar-refractivity contribution is 5.95. The molecule has 2 aromatic carbocycles. The van der Waals surface area contributed by atoms with Crippen LogP contribution in [0.25, 0.3) is 0 Å². The van der Waals surface area contributed by atoms with Crippen LogP contribution >= 0.6 is 0 Å². The van der Waals surface area contributed by atoms with E-state index < -0.39 is 11.5 Å². The topological polar surface area (TPSA) is 58.5 Å². The zero-order valence-corrected chi connectivity index (χ0v) is 17.5. The van der Waals surface area contributed by atoms with E-state index in [4.69, 9.17) is 28.7 Å². The summed E-state index contributed by atoms with van der Waals surface area (Å²) in [6, 6.07) is 18.2. The first-order valence-electron chi connectivity index (χ1n) is 10.4. The lowest BCUT2D eigenvalue weighted by Gasteiger charge is -2.27. The minimum atomic E-state index is -0.917. The molecule has 0 saturated carbocycles. The van der Waals surface area contributed by atoms with Gasteiger partial charge in [-0.3, -0.25) is 0 Å². The Hall–Kier alpha value is -2.25. The molecule has 0 amide bonds.